The zero-order chi connectivity index (χ0) is 18.7. The number of halogens is 2. The van der Waals surface area contributed by atoms with Gasteiger partial charge in [-0.05, 0) is 54.6 Å². The third kappa shape index (κ3) is 3.83. The first-order valence-corrected chi connectivity index (χ1v) is 9.98. The molecule has 26 heavy (non-hydrogen) atoms. The summed E-state index contributed by atoms with van der Waals surface area (Å²) < 4.78 is 38.2. The van der Waals surface area contributed by atoms with Gasteiger partial charge in [0.1, 0.15) is 16.9 Å². The third-order valence-corrected chi connectivity index (χ3v) is 6.26. The molecule has 3 rings (SSSR count). The molecule has 3 aromatic rings. The molecule has 2 aromatic carbocycles. The van der Waals surface area contributed by atoms with E-state index in [0.717, 1.165) is 0 Å². The minimum atomic E-state index is -3.97. The number of hydrogen-bond acceptors (Lipinski definition) is 5. The van der Waals surface area contributed by atoms with Crippen molar-refractivity contribution in [3.8, 4) is 16.6 Å². The summed E-state index contributed by atoms with van der Waals surface area (Å²) in [4.78, 5) is 3.86. The van der Waals surface area contributed by atoms with Crippen molar-refractivity contribution in [2.24, 2.45) is 0 Å². The molecule has 0 N–H and O–H groups in total. The van der Waals surface area contributed by atoms with Crippen LogP contribution in [0.15, 0.2) is 63.7 Å². The maximum atomic E-state index is 13.0. The highest BCUT2D eigenvalue weighted by atomic mass is 35.5. The molecule has 0 unspecified atom stereocenters. The second kappa shape index (κ2) is 7.38. The van der Waals surface area contributed by atoms with Crippen molar-refractivity contribution in [3.63, 3.8) is 0 Å². The number of sulfone groups is 1. The largest absolute Gasteiger partial charge is 0.237 e. The summed E-state index contributed by atoms with van der Waals surface area (Å²) in [5, 5.41) is 11.9. The summed E-state index contributed by atoms with van der Waals surface area (Å²) in [6.45, 7) is 0. The fourth-order valence-electron chi connectivity index (χ4n) is 2.12. The van der Waals surface area contributed by atoms with Gasteiger partial charge in [-0.25, -0.2) is 17.8 Å². The average Bonchev–Trinajstić information content (AvgIpc) is 3.09. The molecule has 0 amide bonds. The maximum Gasteiger partial charge on any atom is 0.216 e. The van der Waals surface area contributed by atoms with E-state index in [4.69, 9.17) is 11.6 Å². The van der Waals surface area contributed by atoms with E-state index in [9.17, 15) is 18.1 Å². The zero-order valence-electron chi connectivity index (χ0n) is 13.1. The van der Waals surface area contributed by atoms with E-state index in [1.54, 1.807) is 23.6 Å². The van der Waals surface area contributed by atoms with Gasteiger partial charge in [-0.3, -0.25) is 0 Å². The molecule has 0 atom stereocenters. The monoisotopic (exact) mass is 404 g/mol. The molecule has 4 nitrogen and oxygen atoms in total. The van der Waals surface area contributed by atoms with Crippen LogP contribution in [0.5, 0.6) is 0 Å². The Hall–Kier alpha value is -2.53. The van der Waals surface area contributed by atoms with Gasteiger partial charge in [0.15, 0.2) is 4.91 Å². The molecular weight excluding hydrogens is 395 g/mol. The predicted octanol–water partition coefficient (Wildman–Crippen LogP) is 4.94. The second-order valence-corrected chi connectivity index (χ2v) is 8.37. The number of hydrogen-bond donors (Lipinski definition) is 0. The van der Waals surface area contributed by atoms with Crippen LogP contribution in [0.2, 0.25) is 5.02 Å². The lowest BCUT2D eigenvalue weighted by molar-refractivity contribution is 0.603. The number of rotatable bonds is 4. The van der Waals surface area contributed by atoms with E-state index in [-0.39, 0.29) is 10.7 Å². The number of nitriles is 1. The van der Waals surface area contributed by atoms with Crippen LogP contribution < -0.4 is 0 Å². The van der Waals surface area contributed by atoms with E-state index in [2.05, 4.69) is 4.98 Å². The van der Waals surface area contributed by atoms with Crippen LogP contribution in [0.25, 0.3) is 16.6 Å². The van der Waals surface area contributed by atoms with Crippen LogP contribution in [-0.4, -0.2) is 13.4 Å². The summed E-state index contributed by atoms with van der Waals surface area (Å²) in [6, 6.07) is 13.1. The van der Waals surface area contributed by atoms with Crippen LogP contribution in [0.4, 0.5) is 4.39 Å². The molecule has 0 saturated carbocycles. The van der Waals surface area contributed by atoms with Crippen molar-refractivity contribution in [2.45, 2.75) is 4.90 Å². The highest BCUT2D eigenvalue weighted by molar-refractivity contribution is 7.95. The summed E-state index contributed by atoms with van der Waals surface area (Å²) in [7, 11) is -3.97. The van der Waals surface area contributed by atoms with Gasteiger partial charge in [0.2, 0.25) is 9.84 Å². The smallest absolute Gasteiger partial charge is 0.216 e. The highest BCUT2D eigenvalue weighted by Gasteiger charge is 2.21. The van der Waals surface area contributed by atoms with Gasteiger partial charge < -0.3 is 0 Å². The maximum absolute atomic E-state index is 13.0. The molecule has 0 aliphatic heterocycles. The third-order valence-electron chi connectivity index (χ3n) is 3.42. The minimum absolute atomic E-state index is 0.0244. The van der Waals surface area contributed by atoms with Gasteiger partial charge in [0.25, 0.3) is 0 Å². The SMILES string of the molecule is N#C/C(=C\c1csc(-c2ccc(F)cc2)n1)S(=O)(=O)c1ccc(Cl)cc1. The van der Waals surface area contributed by atoms with E-state index in [1.807, 2.05) is 0 Å². The minimum Gasteiger partial charge on any atom is -0.237 e. The van der Waals surface area contributed by atoms with Crippen molar-refractivity contribution in [3.05, 3.63) is 75.3 Å². The molecule has 0 aliphatic rings. The fraction of sp³-hybridized carbons (Fsp3) is 0. The first kappa shape index (κ1) is 18.3. The lowest BCUT2D eigenvalue weighted by atomic mass is 10.2. The molecule has 1 aromatic heterocycles. The number of thiazole rings is 1. The Morgan fingerprint density at radius 3 is 2.42 bits per heavy atom. The van der Waals surface area contributed by atoms with Crippen LogP contribution >= 0.6 is 22.9 Å². The Balaban J connectivity index is 1.96. The quantitative estimate of drug-likeness (QED) is 0.577. The van der Waals surface area contributed by atoms with Crippen LogP contribution in [0.3, 0.4) is 0 Å². The molecule has 0 spiro atoms. The molecule has 8 heteroatoms. The Kier molecular flexibility index (Phi) is 5.18. The Morgan fingerprint density at radius 1 is 1.15 bits per heavy atom. The number of aromatic nitrogens is 1. The summed E-state index contributed by atoms with van der Waals surface area (Å²) in [5.74, 6) is -0.355. The Bertz CT molecular complexity index is 1110. The van der Waals surface area contributed by atoms with Gasteiger partial charge in [0, 0.05) is 16.0 Å². The number of benzene rings is 2. The number of nitrogens with zero attached hydrogens (tertiary/aromatic N) is 2. The predicted molar refractivity (Wildman–Crippen MR) is 99.7 cm³/mol. The summed E-state index contributed by atoms with van der Waals surface area (Å²) in [5.41, 5.74) is 1.04. The van der Waals surface area contributed by atoms with Crippen LogP contribution in [0, 0.1) is 17.1 Å². The zero-order valence-corrected chi connectivity index (χ0v) is 15.4. The number of allylic oxidation sites excluding steroid dienone is 1. The summed E-state index contributed by atoms with van der Waals surface area (Å²) >= 11 is 7.04. The van der Waals surface area contributed by atoms with Crippen molar-refractivity contribution in [1.82, 2.24) is 4.98 Å². The topological polar surface area (TPSA) is 70.8 Å². The molecule has 0 bridgehead atoms. The lowest BCUT2D eigenvalue weighted by Gasteiger charge is -2.02. The van der Waals surface area contributed by atoms with Crippen molar-refractivity contribution in [1.29, 1.82) is 5.26 Å². The first-order chi connectivity index (χ1) is 12.4. The van der Waals surface area contributed by atoms with Gasteiger partial charge >= 0.3 is 0 Å². The van der Waals surface area contributed by atoms with E-state index < -0.39 is 14.7 Å². The molecule has 0 aliphatic carbocycles. The Labute approximate surface area is 158 Å². The molecular formula is C18H10ClFN2O2S2. The average molecular weight is 405 g/mol. The van der Waals surface area contributed by atoms with E-state index in [1.165, 1.54) is 53.8 Å². The molecule has 130 valence electrons. The Morgan fingerprint density at radius 2 is 1.81 bits per heavy atom. The van der Waals surface area contributed by atoms with Gasteiger partial charge in [0.05, 0.1) is 10.6 Å². The van der Waals surface area contributed by atoms with Crippen molar-refractivity contribution >= 4 is 38.9 Å². The van der Waals surface area contributed by atoms with E-state index >= 15 is 0 Å². The van der Waals surface area contributed by atoms with E-state index in [0.29, 0.717) is 21.3 Å². The fourth-order valence-corrected chi connectivity index (χ4v) is 4.18. The van der Waals surface area contributed by atoms with Gasteiger partial charge in [-0.15, -0.1) is 11.3 Å². The van der Waals surface area contributed by atoms with Gasteiger partial charge in [-0.2, -0.15) is 5.26 Å². The van der Waals surface area contributed by atoms with Crippen molar-refractivity contribution < 1.29 is 12.8 Å². The summed E-state index contributed by atoms with van der Waals surface area (Å²) in [6.07, 6.45) is 1.22. The molecule has 1 heterocycles. The second-order valence-electron chi connectivity index (χ2n) is 5.16. The lowest BCUT2D eigenvalue weighted by Crippen LogP contribution is -2.03. The highest BCUT2D eigenvalue weighted by Crippen LogP contribution is 2.27. The standard InChI is InChI=1S/C18H10ClFN2O2S2/c19-13-3-7-16(8-4-13)26(23,24)17(10-21)9-15-11-25-18(22-15)12-1-5-14(20)6-2-12/h1-9,11H/b17-9+. The van der Waals surface area contributed by atoms with Crippen LogP contribution in [-0.2, 0) is 9.84 Å². The van der Waals surface area contributed by atoms with Crippen LogP contribution in [0.1, 0.15) is 5.69 Å². The van der Waals surface area contributed by atoms with Crippen molar-refractivity contribution in [2.75, 3.05) is 0 Å². The van der Waals surface area contributed by atoms with Gasteiger partial charge in [-0.1, -0.05) is 11.6 Å². The first-order valence-electron chi connectivity index (χ1n) is 7.24. The molecule has 0 saturated heterocycles. The normalized spacial score (nSPS) is 12.0. The molecule has 0 radical (unpaired) electrons. The molecule has 0 fully saturated rings.